The standard InChI is InChI=1S/C10H18N2O5S/c1-8(13)12-5-2-9(3-6-12)11-18(16,17)7-4-10(14)15/h9,11H,2-7H2,1H3,(H,14,15). The molecule has 1 aliphatic rings. The molecule has 0 radical (unpaired) electrons. The highest BCUT2D eigenvalue weighted by molar-refractivity contribution is 7.89. The van der Waals surface area contributed by atoms with E-state index in [-0.39, 0.29) is 11.9 Å². The fourth-order valence-corrected chi connectivity index (χ4v) is 3.15. The van der Waals surface area contributed by atoms with Crippen LogP contribution in [0.4, 0.5) is 0 Å². The van der Waals surface area contributed by atoms with E-state index in [1.54, 1.807) is 4.90 Å². The van der Waals surface area contributed by atoms with Gasteiger partial charge in [-0.1, -0.05) is 0 Å². The number of nitrogens with zero attached hydrogens (tertiary/aromatic N) is 1. The summed E-state index contributed by atoms with van der Waals surface area (Å²) < 4.78 is 25.6. The van der Waals surface area contributed by atoms with Crippen molar-refractivity contribution in [3.63, 3.8) is 0 Å². The maximum Gasteiger partial charge on any atom is 0.304 e. The van der Waals surface area contributed by atoms with Crippen LogP contribution in [0.15, 0.2) is 0 Å². The molecule has 0 bridgehead atoms. The molecule has 8 heteroatoms. The smallest absolute Gasteiger partial charge is 0.304 e. The van der Waals surface area contributed by atoms with Gasteiger partial charge in [0.1, 0.15) is 0 Å². The zero-order valence-electron chi connectivity index (χ0n) is 10.3. The van der Waals surface area contributed by atoms with Crippen LogP contribution in [0, 0.1) is 0 Å². The van der Waals surface area contributed by atoms with Gasteiger partial charge in [-0.15, -0.1) is 0 Å². The van der Waals surface area contributed by atoms with Crippen LogP contribution in [0.3, 0.4) is 0 Å². The Morgan fingerprint density at radius 1 is 1.33 bits per heavy atom. The number of nitrogens with one attached hydrogen (secondary N) is 1. The fourth-order valence-electron chi connectivity index (χ4n) is 1.85. The topological polar surface area (TPSA) is 104 Å². The lowest BCUT2D eigenvalue weighted by Gasteiger charge is -2.31. The maximum atomic E-state index is 11.6. The van der Waals surface area contributed by atoms with E-state index in [4.69, 9.17) is 5.11 Å². The van der Waals surface area contributed by atoms with E-state index in [9.17, 15) is 18.0 Å². The second-order valence-electron chi connectivity index (χ2n) is 4.36. The fraction of sp³-hybridized carbons (Fsp3) is 0.800. The molecule has 0 saturated carbocycles. The average molecular weight is 278 g/mol. The normalized spacial score (nSPS) is 17.7. The number of rotatable bonds is 5. The highest BCUT2D eigenvalue weighted by Crippen LogP contribution is 2.11. The third-order valence-electron chi connectivity index (χ3n) is 2.87. The van der Waals surface area contributed by atoms with Gasteiger partial charge < -0.3 is 10.0 Å². The Morgan fingerprint density at radius 3 is 2.33 bits per heavy atom. The van der Waals surface area contributed by atoms with E-state index in [0.29, 0.717) is 25.9 Å². The van der Waals surface area contributed by atoms with Gasteiger partial charge in [-0.3, -0.25) is 9.59 Å². The van der Waals surface area contributed by atoms with Crippen molar-refractivity contribution in [1.29, 1.82) is 0 Å². The number of amides is 1. The highest BCUT2D eigenvalue weighted by atomic mass is 32.2. The molecule has 0 unspecified atom stereocenters. The lowest BCUT2D eigenvalue weighted by Crippen LogP contribution is -2.46. The predicted molar refractivity (Wildman–Crippen MR) is 64.5 cm³/mol. The number of carboxylic acid groups (broad SMARTS) is 1. The van der Waals surface area contributed by atoms with Gasteiger partial charge in [0.05, 0.1) is 12.2 Å². The van der Waals surface area contributed by atoms with E-state index < -0.39 is 28.2 Å². The molecular formula is C10H18N2O5S. The largest absolute Gasteiger partial charge is 0.481 e. The minimum absolute atomic E-state index is 0.0119. The van der Waals surface area contributed by atoms with Crippen LogP contribution in [0.25, 0.3) is 0 Å². The highest BCUT2D eigenvalue weighted by Gasteiger charge is 2.24. The Kier molecular flexibility index (Phi) is 5.09. The molecule has 1 rings (SSSR count). The zero-order chi connectivity index (χ0) is 13.8. The van der Waals surface area contributed by atoms with Gasteiger partial charge in [0.25, 0.3) is 0 Å². The predicted octanol–water partition coefficient (Wildman–Crippen LogP) is -0.609. The van der Waals surface area contributed by atoms with Gasteiger partial charge in [-0.2, -0.15) is 0 Å². The molecule has 0 spiro atoms. The van der Waals surface area contributed by atoms with Gasteiger partial charge in [0.15, 0.2) is 0 Å². The number of hydrogen-bond acceptors (Lipinski definition) is 4. The summed E-state index contributed by atoms with van der Waals surface area (Å²) in [7, 11) is -3.55. The van der Waals surface area contributed by atoms with Gasteiger partial charge in [0.2, 0.25) is 15.9 Å². The van der Waals surface area contributed by atoms with Gasteiger partial charge in [0, 0.05) is 26.1 Å². The van der Waals surface area contributed by atoms with E-state index in [2.05, 4.69) is 4.72 Å². The summed E-state index contributed by atoms with van der Waals surface area (Å²) in [5.41, 5.74) is 0. The number of aliphatic carboxylic acids is 1. The van der Waals surface area contributed by atoms with Crippen LogP contribution in [0.1, 0.15) is 26.2 Å². The van der Waals surface area contributed by atoms with Crippen molar-refractivity contribution >= 4 is 21.9 Å². The average Bonchev–Trinajstić information content (AvgIpc) is 2.27. The van der Waals surface area contributed by atoms with Crippen molar-refractivity contribution in [3.8, 4) is 0 Å². The van der Waals surface area contributed by atoms with Crippen molar-refractivity contribution < 1.29 is 23.1 Å². The Morgan fingerprint density at radius 2 is 1.89 bits per heavy atom. The maximum absolute atomic E-state index is 11.6. The van der Waals surface area contributed by atoms with E-state index in [1.807, 2.05) is 0 Å². The number of carbonyl (C=O) groups excluding carboxylic acids is 1. The minimum Gasteiger partial charge on any atom is -0.481 e. The monoisotopic (exact) mass is 278 g/mol. The molecule has 0 aromatic carbocycles. The first-order chi connectivity index (χ1) is 8.30. The number of sulfonamides is 1. The molecule has 1 amide bonds. The van der Waals surface area contributed by atoms with Crippen molar-refractivity contribution in [2.24, 2.45) is 0 Å². The molecule has 1 saturated heterocycles. The molecule has 104 valence electrons. The first-order valence-corrected chi connectivity index (χ1v) is 7.43. The lowest BCUT2D eigenvalue weighted by atomic mass is 10.1. The molecule has 7 nitrogen and oxygen atoms in total. The van der Waals surface area contributed by atoms with Crippen molar-refractivity contribution in [2.75, 3.05) is 18.8 Å². The molecule has 1 fully saturated rings. The molecular weight excluding hydrogens is 260 g/mol. The molecule has 1 heterocycles. The van der Waals surface area contributed by atoms with Crippen LogP contribution in [0.5, 0.6) is 0 Å². The molecule has 0 aromatic heterocycles. The number of piperidine rings is 1. The Bertz CT molecular complexity index is 412. The first kappa shape index (κ1) is 14.9. The Balaban J connectivity index is 2.40. The van der Waals surface area contributed by atoms with Crippen LogP contribution in [-0.2, 0) is 19.6 Å². The summed E-state index contributed by atoms with van der Waals surface area (Å²) >= 11 is 0. The van der Waals surface area contributed by atoms with E-state index in [0.717, 1.165) is 0 Å². The van der Waals surface area contributed by atoms with Gasteiger partial charge in [-0.05, 0) is 12.8 Å². The van der Waals surface area contributed by atoms with Crippen molar-refractivity contribution in [2.45, 2.75) is 32.2 Å². The second kappa shape index (κ2) is 6.14. The summed E-state index contributed by atoms with van der Waals surface area (Å²) in [5.74, 6) is -1.55. The molecule has 18 heavy (non-hydrogen) atoms. The van der Waals surface area contributed by atoms with Crippen molar-refractivity contribution in [3.05, 3.63) is 0 Å². The summed E-state index contributed by atoms with van der Waals surface area (Å²) in [5, 5.41) is 8.44. The van der Waals surface area contributed by atoms with Crippen LogP contribution in [0.2, 0.25) is 0 Å². The van der Waals surface area contributed by atoms with Crippen molar-refractivity contribution in [1.82, 2.24) is 9.62 Å². The minimum atomic E-state index is -3.55. The second-order valence-corrected chi connectivity index (χ2v) is 6.23. The number of hydrogen-bond donors (Lipinski definition) is 2. The molecule has 1 aliphatic heterocycles. The van der Waals surface area contributed by atoms with E-state index >= 15 is 0 Å². The van der Waals surface area contributed by atoms with Crippen LogP contribution in [-0.4, -0.2) is 55.2 Å². The Labute approximate surface area is 106 Å². The summed E-state index contributed by atoms with van der Waals surface area (Å²) in [6.45, 7) is 2.54. The van der Waals surface area contributed by atoms with Crippen LogP contribution >= 0.6 is 0 Å². The quantitative estimate of drug-likeness (QED) is 0.698. The summed E-state index contributed by atoms with van der Waals surface area (Å²) in [6, 6.07) is -0.209. The molecule has 0 atom stereocenters. The third-order valence-corrected chi connectivity index (χ3v) is 4.31. The third kappa shape index (κ3) is 5.01. The summed E-state index contributed by atoms with van der Waals surface area (Å²) in [6.07, 6.45) is 0.722. The number of carboxylic acids is 1. The van der Waals surface area contributed by atoms with Gasteiger partial charge in [-0.25, -0.2) is 13.1 Å². The molecule has 0 aromatic rings. The number of carbonyl (C=O) groups is 2. The molecule has 0 aliphatic carbocycles. The van der Waals surface area contributed by atoms with Gasteiger partial charge >= 0.3 is 5.97 Å². The van der Waals surface area contributed by atoms with Crippen LogP contribution < -0.4 is 4.72 Å². The zero-order valence-corrected chi connectivity index (χ0v) is 11.1. The van der Waals surface area contributed by atoms with E-state index in [1.165, 1.54) is 6.92 Å². The molecule has 2 N–H and O–H groups in total. The number of likely N-dealkylation sites (tertiary alicyclic amines) is 1. The lowest BCUT2D eigenvalue weighted by molar-refractivity contribution is -0.136. The summed E-state index contributed by atoms with van der Waals surface area (Å²) in [4.78, 5) is 23.1. The SMILES string of the molecule is CC(=O)N1CCC(NS(=O)(=O)CCC(=O)O)CC1. The first-order valence-electron chi connectivity index (χ1n) is 5.77. The Hall–Kier alpha value is -1.15.